The fourth-order valence-electron chi connectivity index (χ4n) is 4.03. The van der Waals surface area contributed by atoms with Crippen LogP contribution in [0.25, 0.3) is 10.9 Å². The number of aromatic hydroxyl groups is 1. The Morgan fingerprint density at radius 1 is 1.00 bits per heavy atom. The summed E-state index contributed by atoms with van der Waals surface area (Å²) in [6, 6.07) is 13.6. The topological polar surface area (TPSA) is 90.5 Å². The monoisotopic (exact) mass is 390 g/mol. The molecule has 6 nitrogen and oxygen atoms in total. The van der Waals surface area contributed by atoms with E-state index in [4.69, 9.17) is 0 Å². The van der Waals surface area contributed by atoms with Gasteiger partial charge >= 0.3 is 0 Å². The highest BCUT2D eigenvalue weighted by Gasteiger charge is 2.32. The van der Waals surface area contributed by atoms with Crippen LogP contribution in [-0.4, -0.2) is 45.6 Å². The van der Waals surface area contributed by atoms with Gasteiger partial charge in [-0.25, -0.2) is 0 Å². The number of Topliss-reactive ketones (excluding diaryl/α,β-unsaturated/α-hetero) is 2. The second-order valence-corrected chi connectivity index (χ2v) is 7.48. The molecular weight excluding hydrogens is 368 g/mol. The van der Waals surface area contributed by atoms with E-state index in [-0.39, 0.29) is 17.5 Å². The van der Waals surface area contributed by atoms with Crippen LogP contribution < -0.4 is 0 Å². The van der Waals surface area contributed by atoms with Gasteiger partial charge in [0.25, 0.3) is 11.7 Å². The van der Waals surface area contributed by atoms with E-state index in [9.17, 15) is 19.5 Å². The predicted molar refractivity (Wildman–Crippen MR) is 109 cm³/mol. The zero-order chi connectivity index (χ0) is 20.5. The van der Waals surface area contributed by atoms with Gasteiger partial charge in [-0.15, -0.1) is 0 Å². The number of carbonyl (C=O) groups excluding carboxylic acids is 3. The summed E-state index contributed by atoms with van der Waals surface area (Å²) in [4.78, 5) is 43.1. The Bertz CT molecular complexity index is 1090. The molecule has 2 aromatic carbocycles. The van der Waals surface area contributed by atoms with E-state index in [1.54, 1.807) is 24.0 Å². The number of hydrogen-bond acceptors (Lipinski definition) is 4. The van der Waals surface area contributed by atoms with Crippen molar-refractivity contribution in [1.29, 1.82) is 0 Å². The van der Waals surface area contributed by atoms with Crippen molar-refractivity contribution in [2.75, 3.05) is 13.1 Å². The van der Waals surface area contributed by atoms with E-state index in [0.29, 0.717) is 42.8 Å². The smallest absolute Gasteiger partial charge is 0.295 e. The first-order valence-corrected chi connectivity index (χ1v) is 9.70. The normalized spacial score (nSPS) is 14.9. The number of piperidine rings is 1. The van der Waals surface area contributed by atoms with Gasteiger partial charge in [-0.3, -0.25) is 14.4 Å². The number of hydrogen-bond donors (Lipinski definition) is 2. The van der Waals surface area contributed by atoms with Crippen molar-refractivity contribution in [3.8, 4) is 5.75 Å². The first-order chi connectivity index (χ1) is 14.0. The molecule has 29 heavy (non-hydrogen) atoms. The Balaban J connectivity index is 1.45. The van der Waals surface area contributed by atoms with Crippen molar-refractivity contribution in [3.05, 3.63) is 65.4 Å². The Hall–Kier alpha value is -3.41. The molecule has 2 N–H and O–H groups in total. The van der Waals surface area contributed by atoms with Crippen LogP contribution >= 0.6 is 0 Å². The van der Waals surface area contributed by atoms with E-state index in [1.807, 2.05) is 24.3 Å². The fraction of sp³-hybridized carbons (Fsp3) is 0.261. The van der Waals surface area contributed by atoms with Crippen molar-refractivity contribution >= 4 is 28.4 Å². The second-order valence-electron chi connectivity index (χ2n) is 7.48. The molecule has 0 atom stereocenters. The van der Waals surface area contributed by atoms with Gasteiger partial charge < -0.3 is 15.0 Å². The number of ketones is 2. The zero-order valence-electron chi connectivity index (χ0n) is 16.1. The molecule has 148 valence electrons. The minimum Gasteiger partial charge on any atom is -0.508 e. The summed E-state index contributed by atoms with van der Waals surface area (Å²) in [5.41, 5.74) is 2.49. The van der Waals surface area contributed by atoms with Gasteiger partial charge in [0.05, 0.1) is 5.56 Å². The van der Waals surface area contributed by atoms with Crippen LogP contribution in [0.15, 0.2) is 48.5 Å². The van der Waals surface area contributed by atoms with Gasteiger partial charge in [0.15, 0.2) is 5.78 Å². The number of likely N-dealkylation sites (tertiary alicyclic amines) is 1. The van der Waals surface area contributed by atoms with E-state index < -0.39 is 11.7 Å². The Kier molecular flexibility index (Phi) is 4.92. The van der Waals surface area contributed by atoms with Crippen LogP contribution in [0, 0.1) is 12.8 Å². The summed E-state index contributed by atoms with van der Waals surface area (Å²) in [5, 5.41) is 10.1. The molecule has 1 aromatic heterocycles. The molecule has 0 bridgehead atoms. The number of nitrogens with one attached hydrogen (secondary N) is 1. The number of para-hydroxylation sites is 1. The lowest BCUT2D eigenvalue weighted by molar-refractivity contribution is -0.127. The van der Waals surface area contributed by atoms with Gasteiger partial charge in [0, 0.05) is 41.2 Å². The van der Waals surface area contributed by atoms with Crippen molar-refractivity contribution in [3.63, 3.8) is 0 Å². The molecule has 1 saturated heterocycles. The number of benzene rings is 2. The number of phenolic OH excluding ortho intramolecular Hbond substituents is 1. The molecule has 0 saturated carbocycles. The summed E-state index contributed by atoms with van der Waals surface area (Å²) < 4.78 is 0. The SMILES string of the molecule is Cc1[nH]c2ccccc2c1C(=O)C(=O)N1CCC(C(=O)c2ccc(O)cc2)CC1. The molecule has 6 heteroatoms. The highest BCUT2D eigenvalue weighted by atomic mass is 16.3. The van der Waals surface area contributed by atoms with Gasteiger partial charge in [-0.1, -0.05) is 18.2 Å². The standard InChI is InChI=1S/C23H22N2O4/c1-14-20(18-4-2-3-5-19(18)24-14)22(28)23(29)25-12-10-16(11-13-25)21(27)15-6-8-17(26)9-7-15/h2-9,16,24,26H,10-13H2,1H3. The average Bonchev–Trinajstić information content (AvgIpc) is 3.08. The minimum absolute atomic E-state index is 0.0101. The van der Waals surface area contributed by atoms with Crippen molar-refractivity contribution in [1.82, 2.24) is 9.88 Å². The van der Waals surface area contributed by atoms with Crippen LogP contribution in [0.1, 0.15) is 39.3 Å². The number of rotatable bonds is 4. The maximum Gasteiger partial charge on any atom is 0.295 e. The summed E-state index contributed by atoms with van der Waals surface area (Å²) in [6.07, 6.45) is 1.04. The van der Waals surface area contributed by atoms with Crippen LogP contribution in [0.4, 0.5) is 0 Å². The molecule has 0 unspecified atom stereocenters. The zero-order valence-corrected chi connectivity index (χ0v) is 16.1. The number of aryl methyl sites for hydroxylation is 1. The first-order valence-electron chi connectivity index (χ1n) is 9.70. The van der Waals surface area contributed by atoms with Crippen LogP contribution in [0.5, 0.6) is 5.75 Å². The van der Waals surface area contributed by atoms with E-state index in [0.717, 1.165) is 10.9 Å². The molecule has 1 aliphatic rings. The van der Waals surface area contributed by atoms with E-state index >= 15 is 0 Å². The molecule has 1 amide bonds. The lowest BCUT2D eigenvalue weighted by atomic mass is 9.88. The summed E-state index contributed by atoms with van der Waals surface area (Å²) in [6.45, 7) is 2.55. The third-order valence-electron chi connectivity index (χ3n) is 5.62. The predicted octanol–water partition coefficient (Wildman–Crippen LogP) is 3.49. The average molecular weight is 390 g/mol. The Morgan fingerprint density at radius 2 is 1.66 bits per heavy atom. The summed E-state index contributed by atoms with van der Waals surface area (Å²) in [7, 11) is 0. The van der Waals surface area contributed by atoms with Crippen LogP contribution in [0.3, 0.4) is 0 Å². The molecule has 1 fully saturated rings. The van der Waals surface area contributed by atoms with Crippen LogP contribution in [-0.2, 0) is 4.79 Å². The highest BCUT2D eigenvalue weighted by Crippen LogP contribution is 2.26. The molecule has 2 heterocycles. The van der Waals surface area contributed by atoms with Crippen molar-refractivity contribution in [2.45, 2.75) is 19.8 Å². The van der Waals surface area contributed by atoms with E-state index in [2.05, 4.69) is 4.98 Å². The maximum absolute atomic E-state index is 12.9. The number of carbonyl (C=O) groups is 3. The Labute approximate surface area is 168 Å². The quantitative estimate of drug-likeness (QED) is 0.527. The molecule has 4 rings (SSSR count). The molecule has 1 aliphatic heterocycles. The fourth-order valence-corrected chi connectivity index (χ4v) is 4.03. The number of fused-ring (bicyclic) bond motifs is 1. The lowest BCUT2D eigenvalue weighted by Crippen LogP contribution is -2.43. The number of phenols is 1. The first kappa shape index (κ1) is 18.9. The van der Waals surface area contributed by atoms with Gasteiger partial charge in [-0.05, 0) is 50.1 Å². The summed E-state index contributed by atoms with van der Waals surface area (Å²) in [5.74, 6) is -1.09. The number of nitrogens with zero attached hydrogens (tertiary/aromatic N) is 1. The molecule has 0 aliphatic carbocycles. The molecule has 0 spiro atoms. The number of aromatic amines is 1. The van der Waals surface area contributed by atoms with Crippen molar-refractivity contribution in [2.24, 2.45) is 5.92 Å². The number of aromatic nitrogens is 1. The summed E-state index contributed by atoms with van der Waals surface area (Å²) >= 11 is 0. The Morgan fingerprint density at radius 3 is 2.34 bits per heavy atom. The van der Waals surface area contributed by atoms with Gasteiger partial charge in [0.1, 0.15) is 5.75 Å². The van der Waals surface area contributed by atoms with Gasteiger partial charge in [-0.2, -0.15) is 0 Å². The highest BCUT2D eigenvalue weighted by molar-refractivity contribution is 6.45. The molecule has 3 aromatic rings. The van der Waals surface area contributed by atoms with Crippen LogP contribution in [0.2, 0.25) is 0 Å². The minimum atomic E-state index is -0.520. The second kappa shape index (κ2) is 7.54. The van der Waals surface area contributed by atoms with E-state index in [1.165, 1.54) is 12.1 Å². The third-order valence-corrected chi connectivity index (χ3v) is 5.62. The lowest BCUT2D eigenvalue weighted by Gasteiger charge is -2.31. The number of amides is 1. The maximum atomic E-state index is 12.9. The molecular formula is C23H22N2O4. The number of H-pyrrole nitrogens is 1. The molecule has 0 radical (unpaired) electrons. The van der Waals surface area contributed by atoms with Gasteiger partial charge in [0.2, 0.25) is 0 Å². The van der Waals surface area contributed by atoms with Crippen molar-refractivity contribution < 1.29 is 19.5 Å². The largest absolute Gasteiger partial charge is 0.508 e. The third kappa shape index (κ3) is 3.53.